The summed E-state index contributed by atoms with van der Waals surface area (Å²) in [6, 6.07) is 30.3. The highest BCUT2D eigenvalue weighted by Gasteiger charge is 2.14. The summed E-state index contributed by atoms with van der Waals surface area (Å²) in [6.07, 6.45) is 0. The van der Waals surface area contributed by atoms with Crippen LogP contribution in [0.2, 0.25) is 0 Å². The summed E-state index contributed by atoms with van der Waals surface area (Å²) < 4.78 is 0. The summed E-state index contributed by atoms with van der Waals surface area (Å²) in [6.45, 7) is 2.21. The maximum Gasteiger partial charge on any atom is 0.0485 e. The molecule has 23 heavy (non-hydrogen) atoms. The van der Waals surface area contributed by atoms with E-state index in [1.54, 1.807) is 0 Å². The molecule has 0 fully saturated rings. The van der Waals surface area contributed by atoms with Gasteiger partial charge in [-0.05, 0) is 34.9 Å². The highest BCUT2D eigenvalue weighted by Crippen LogP contribution is 2.38. The van der Waals surface area contributed by atoms with Crippen LogP contribution in [-0.4, -0.2) is 0 Å². The third-order valence-electron chi connectivity index (χ3n) is 4.44. The first-order valence-corrected chi connectivity index (χ1v) is 8.05. The van der Waals surface area contributed by atoms with Gasteiger partial charge in [-0.3, -0.25) is 0 Å². The molecule has 0 bridgehead atoms. The predicted octanol–water partition coefficient (Wildman–Crippen LogP) is 6.12. The summed E-state index contributed by atoms with van der Waals surface area (Å²) >= 11 is 0. The molecular weight excluding hydrogens is 278 g/mol. The minimum Gasteiger partial charge on any atom is -0.378 e. The number of anilines is 1. The van der Waals surface area contributed by atoms with Crippen LogP contribution in [0.4, 0.5) is 5.69 Å². The zero-order valence-corrected chi connectivity index (χ0v) is 13.2. The van der Waals surface area contributed by atoms with E-state index in [2.05, 4.69) is 97.2 Å². The zero-order valence-electron chi connectivity index (χ0n) is 13.2. The minimum absolute atomic E-state index is 0.270. The van der Waals surface area contributed by atoms with Gasteiger partial charge in [-0.2, -0.15) is 0 Å². The Morgan fingerprint density at radius 3 is 2.30 bits per heavy atom. The van der Waals surface area contributed by atoms with Gasteiger partial charge in [-0.1, -0.05) is 78.9 Å². The molecule has 0 aliphatic heterocycles. The summed E-state index contributed by atoms with van der Waals surface area (Å²) in [4.78, 5) is 0. The second kappa shape index (κ2) is 5.77. The second-order valence-electron chi connectivity index (χ2n) is 5.97. The number of benzene rings is 2. The molecule has 2 aromatic rings. The Morgan fingerprint density at radius 1 is 0.696 bits per heavy atom. The van der Waals surface area contributed by atoms with E-state index < -0.39 is 0 Å². The summed E-state index contributed by atoms with van der Waals surface area (Å²) in [5.74, 6) is 0. The molecule has 1 heteroatoms. The standard InChI is InChI=1S/C22H19N/c1-16(17-8-3-2-4-9-17)23-21-15-14-19-12-7-11-18-10-5-6-13-20(18)22(19)21/h2-16,23H,1H3. The number of nitrogens with one attached hydrogen (secondary N) is 1. The Labute approximate surface area is 136 Å². The molecule has 112 valence electrons. The third-order valence-corrected chi connectivity index (χ3v) is 4.44. The lowest BCUT2D eigenvalue weighted by molar-refractivity contribution is 0.886. The molecule has 0 amide bonds. The van der Waals surface area contributed by atoms with Crippen molar-refractivity contribution in [1.82, 2.24) is 0 Å². The largest absolute Gasteiger partial charge is 0.378 e. The van der Waals surface area contributed by atoms with Crippen LogP contribution in [0, 0.1) is 0 Å². The van der Waals surface area contributed by atoms with Crippen LogP contribution in [0.5, 0.6) is 0 Å². The van der Waals surface area contributed by atoms with Gasteiger partial charge in [0, 0.05) is 17.3 Å². The molecule has 2 aromatic carbocycles. The Morgan fingerprint density at radius 2 is 1.43 bits per heavy atom. The fourth-order valence-electron chi connectivity index (χ4n) is 3.24. The van der Waals surface area contributed by atoms with Crippen molar-refractivity contribution >= 4 is 16.5 Å². The summed E-state index contributed by atoms with van der Waals surface area (Å²) in [7, 11) is 0. The van der Waals surface area contributed by atoms with Crippen LogP contribution in [0.25, 0.3) is 21.9 Å². The quantitative estimate of drug-likeness (QED) is 0.480. The van der Waals surface area contributed by atoms with Gasteiger partial charge in [0.1, 0.15) is 0 Å². The van der Waals surface area contributed by atoms with E-state index in [1.807, 2.05) is 0 Å². The first kappa shape index (κ1) is 13.8. The lowest BCUT2D eigenvalue weighted by Crippen LogP contribution is -2.06. The molecule has 2 aliphatic carbocycles. The Hall–Kier alpha value is -2.80. The normalized spacial score (nSPS) is 12.4. The number of hydrogen-bond acceptors (Lipinski definition) is 1. The second-order valence-corrected chi connectivity index (χ2v) is 5.97. The van der Waals surface area contributed by atoms with Crippen LogP contribution >= 0.6 is 0 Å². The predicted molar refractivity (Wildman–Crippen MR) is 99.0 cm³/mol. The van der Waals surface area contributed by atoms with E-state index >= 15 is 0 Å². The molecule has 0 spiro atoms. The minimum atomic E-state index is 0.270. The molecule has 1 N–H and O–H groups in total. The van der Waals surface area contributed by atoms with Gasteiger partial charge in [-0.25, -0.2) is 0 Å². The SMILES string of the molecule is CC(Nc1ccc2cccc3ccccc3c1-2)c1ccccc1. The van der Waals surface area contributed by atoms with Crippen LogP contribution in [0.1, 0.15) is 18.5 Å². The molecule has 0 radical (unpaired) electrons. The van der Waals surface area contributed by atoms with Gasteiger partial charge >= 0.3 is 0 Å². The molecule has 0 saturated heterocycles. The number of rotatable bonds is 3. The van der Waals surface area contributed by atoms with Crippen molar-refractivity contribution in [3.05, 3.63) is 90.5 Å². The first-order valence-electron chi connectivity index (χ1n) is 8.05. The molecule has 2 aliphatic rings. The van der Waals surface area contributed by atoms with Gasteiger partial charge in [-0.15, -0.1) is 0 Å². The van der Waals surface area contributed by atoms with E-state index in [1.165, 1.54) is 33.2 Å². The molecule has 0 aromatic heterocycles. The van der Waals surface area contributed by atoms with Crippen molar-refractivity contribution in [2.45, 2.75) is 13.0 Å². The van der Waals surface area contributed by atoms with Gasteiger partial charge < -0.3 is 5.32 Å². The maximum absolute atomic E-state index is 3.69. The summed E-state index contributed by atoms with van der Waals surface area (Å²) in [5.41, 5.74) is 5.07. The average Bonchev–Trinajstić information content (AvgIpc) is 2.88. The topological polar surface area (TPSA) is 12.0 Å². The molecular formula is C22H19N. The molecule has 1 unspecified atom stereocenters. The van der Waals surface area contributed by atoms with Crippen LogP contribution in [-0.2, 0) is 0 Å². The average molecular weight is 297 g/mol. The van der Waals surface area contributed by atoms with E-state index in [-0.39, 0.29) is 6.04 Å². The third kappa shape index (κ3) is 2.55. The van der Waals surface area contributed by atoms with Crippen molar-refractivity contribution in [3.63, 3.8) is 0 Å². The van der Waals surface area contributed by atoms with Crippen LogP contribution in [0.3, 0.4) is 0 Å². The van der Waals surface area contributed by atoms with Crippen molar-refractivity contribution in [2.24, 2.45) is 0 Å². The van der Waals surface area contributed by atoms with E-state index in [4.69, 9.17) is 0 Å². The van der Waals surface area contributed by atoms with E-state index in [0.29, 0.717) is 0 Å². The van der Waals surface area contributed by atoms with Gasteiger partial charge in [0.2, 0.25) is 0 Å². The number of hydrogen-bond donors (Lipinski definition) is 1. The van der Waals surface area contributed by atoms with Crippen LogP contribution < -0.4 is 5.32 Å². The smallest absolute Gasteiger partial charge is 0.0485 e. The molecule has 0 saturated carbocycles. The molecule has 1 nitrogen and oxygen atoms in total. The molecule has 0 heterocycles. The first-order chi connectivity index (χ1) is 11.3. The lowest BCUT2D eigenvalue weighted by Gasteiger charge is -2.16. The summed E-state index contributed by atoms with van der Waals surface area (Å²) in [5, 5.41) is 6.25. The Bertz CT molecular complexity index is 911. The van der Waals surface area contributed by atoms with Crippen molar-refractivity contribution in [3.8, 4) is 11.1 Å². The Balaban J connectivity index is 1.81. The maximum atomic E-state index is 3.69. The zero-order chi connectivity index (χ0) is 15.6. The monoisotopic (exact) mass is 297 g/mol. The van der Waals surface area contributed by atoms with Crippen molar-refractivity contribution < 1.29 is 0 Å². The Kier molecular flexibility index (Phi) is 3.47. The lowest BCUT2D eigenvalue weighted by atomic mass is 10.0. The highest BCUT2D eigenvalue weighted by molar-refractivity contribution is 6.03. The highest BCUT2D eigenvalue weighted by atomic mass is 14.9. The van der Waals surface area contributed by atoms with E-state index in [0.717, 1.165) is 0 Å². The van der Waals surface area contributed by atoms with Crippen molar-refractivity contribution in [2.75, 3.05) is 5.32 Å². The fourth-order valence-corrected chi connectivity index (χ4v) is 3.24. The molecule has 1 atom stereocenters. The van der Waals surface area contributed by atoms with Gasteiger partial charge in [0.25, 0.3) is 0 Å². The van der Waals surface area contributed by atoms with E-state index in [9.17, 15) is 0 Å². The molecule has 4 rings (SSSR count). The number of fused-ring (bicyclic) bond motifs is 3. The fraction of sp³-hybridized carbons (Fsp3) is 0.0909. The van der Waals surface area contributed by atoms with Gasteiger partial charge in [0.05, 0.1) is 0 Å². The van der Waals surface area contributed by atoms with Gasteiger partial charge in [0.15, 0.2) is 0 Å². The van der Waals surface area contributed by atoms with Crippen LogP contribution in [0.15, 0.2) is 84.9 Å². The van der Waals surface area contributed by atoms with Crippen molar-refractivity contribution in [1.29, 1.82) is 0 Å².